The van der Waals surface area contributed by atoms with Gasteiger partial charge in [0.2, 0.25) is 0 Å². The number of benzene rings is 2. The monoisotopic (exact) mass is 331 g/mol. The van der Waals surface area contributed by atoms with Crippen LogP contribution in [0.4, 0.5) is 13.2 Å². The van der Waals surface area contributed by atoms with Gasteiger partial charge in [-0.2, -0.15) is 0 Å². The van der Waals surface area contributed by atoms with Crippen LogP contribution in [0.5, 0.6) is 0 Å². The Bertz CT molecular complexity index is 947. The van der Waals surface area contributed by atoms with Crippen molar-refractivity contribution in [3.8, 4) is 11.1 Å². The molecule has 0 aliphatic rings. The van der Waals surface area contributed by atoms with E-state index in [0.717, 1.165) is 0 Å². The van der Waals surface area contributed by atoms with E-state index < -0.39 is 23.4 Å². The second kappa shape index (κ2) is 5.96. The molecule has 0 fully saturated rings. The number of methoxy groups -OCH3 is 1. The van der Waals surface area contributed by atoms with E-state index in [4.69, 9.17) is 4.74 Å². The molecule has 0 saturated heterocycles. The van der Waals surface area contributed by atoms with Gasteiger partial charge in [-0.1, -0.05) is 0 Å². The topological polar surface area (TPSA) is 39.2 Å². The highest BCUT2D eigenvalue weighted by Crippen LogP contribution is 2.33. The zero-order valence-electron chi connectivity index (χ0n) is 12.9. The van der Waals surface area contributed by atoms with Crippen LogP contribution in [0.2, 0.25) is 0 Å². The molecule has 0 bridgehead atoms. The summed E-state index contributed by atoms with van der Waals surface area (Å²) in [6.07, 6.45) is 1.41. The molecule has 0 radical (unpaired) electrons. The van der Waals surface area contributed by atoms with Gasteiger partial charge in [0.25, 0.3) is 0 Å². The van der Waals surface area contributed by atoms with Gasteiger partial charge in [0, 0.05) is 23.7 Å². The molecule has 3 rings (SSSR count). The van der Waals surface area contributed by atoms with Gasteiger partial charge in [0.05, 0.1) is 23.8 Å². The summed E-state index contributed by atoms with van der Waals surface area (Å²) in [5.74, 6) is -3.63. The van der Waals surface area contributed by atoms with Crippen LogP contribution in [-0.4, -0.2) is 18.1 Å². The fraction of sp³-hybridized carbons (Fsp3) is 0.111. The van der Waals surface area contributed by atoms with Crippen LogP contribution in [0, 0.1) is 24.4 Å². The first-order valence-electron chi connectivity index (χ1n) is 7.05. The van der Waals surface area contributed by atoms with E-state index in [1.165, 1.54) is 25.4 Å². The summed E-state index contributed by atoms with van der Waals surface area (Å²) < 4.78 is 46.2. The minimum absolute atomic E-state index is 0.184. The number of esters is 1. The van der Waals surface area contributed by atoms with Gasteiger partial charge in [0.15, 0.2) is 0 Å². The first-order valence-corrected chi connectivity index (χ1v) is 7.05. The summed E-state index contributed by atoms with van der Waals surface area (Å²) in [5, 5.41) is 0.377. The molecule has 0 N–H and O–H groups in total. The molecule has 122 valence electrons. The average Bonchev–Trinajstić information content (AvgIpc) is 2.53. The molecule has 0 unspecified atom stereocenters. The molecule has 0 aliphatic carbocycles. The third-order valence-electron chi connectivity index (χ3n) is 3.73. The Morgan fingerprint density at radius 1 is 1.08 bits per heavy atom. The molecule has 24 heavy (non-hydrogen) atoms. The summed E-state index contributed by atoms with van der Waals surface area (Å²) in [6, 6.07) is 5.69. The Balaban J connectivity index is 2.37. The normalized spacial score (nSPS) is 10.9. The van der Waals surface area contributed by atoms with Crippen molar-refractivity contribution in [1.29, 1.82) is 0 Å². The lowest BCUT2D eigenvalue weighted by Crippen LogP contribution is -2.03. The van der Waals surface area contributed by atoms with Crippen molar-refractivity contribution in [2.75, 3.05) is 7.11 Å². The van der Waals surface area contributed by atoms with Crippen molar-refractivity contribution in [2.45, 2.75) is 6.92 Å². The SMILES string of the molecule is COC(=O)c1cc(C)c2nccc(-c3c(F)cc(F)cc3F)c2c1. The number of pyridine rings is 1. The molecular formula is C18H12F3NO2. The van der Waals surface area contributed by atoms with Crippen LogP contribution >= 0.6 is 0 Å². The second-order valence-corrected chi connectivity index (χ2v) is 5.28. The highest BCUT2D eigenvalue weighted by Gasteiger charge is 2.18. The predicted molar refractivity (Wildman–Crippen MR) is 83.1 cm³/mol. The van der Waals surface area contributed by atoms with Crippen LogP contribution < -0.4 is 0 Å². The summed E-state index contributed by atoms with van der Waals surface area (Å²) >= 11 is 0. The van der Waals surface area contributed by atoms with E-state index in [0.29, 0.717) is 28.6 Å². The van der Waals surface area contributed by atoms with E-state index in [9.17, 15) is 18.0 Å². The fourth-order valence-corrected chi connectivity index (χ4v) is 2.69. The first-order chi connectivity index (χ1) is 11.4. The van der Waals surface area contributed by atoms with Gasteiger partial charge >= 0.3 is 5.97 Å². The molecule has 3 nitrogen and oxygen atoms in total. The third kappa shape index (κ3) is 2.60. The Morgan fingerprint density at radius 2 is 1.75 bits per heavy atom. The van der Waals surface area contributed by atoms with E-state index in [1.54, 1.807) is 13.0 Å². The number of carbonyl (C=O) groups excluding carboxylic acids is 1. The number of hydrogen-bond donors (Lipinski definition) is 0. The van der Waals surface area contributed by atoms with Crippen LogP contribution in [-0.2, 0) is 4.74 Å². The average molecular weight is 331 g/mol. The molecule has 0 spiro atoms. The number of halogens is 3. The second-order valence-electron chi connectivity index (χ2n) is 5.28. The maximum absolute atomic E-state index is 14.2. The van der Waals surface area contributed by atoms with Crippen molar-refractivity contribution in [2.24, 2.45) is 0 Å². The number of nitrogens with zero attached hydrogens (tertiary/aromatic N) is 1. The Morgan fingerprint density at radius 3 is 2.38 bits per heavy atom. The smallest absolute Gasteiger partial charge is 0.337 e. The molecule has 1 aromatic heterocycles. The molecular weight excluding hydrogens is 319 g/mol. The van der Waals surface area contributed by atoms with Crippen LogP contribution in [0.1, 0.15) is 15.9 Å². The minimum Gasteiger partial charge on any atom is -0.465 e. The first kappa shape index (κ1) is 16.0. The molecule has 6 heteroatoms. The van der Waals surface area contributed by atoms with E-state index in [1.807, 2.05) is 0 Å². The quantitative estimate of drug-likeness (QED) is 0.653. The fourth-order valence-electron chi connectivity index (χ4n) is 2.69. The summed E-state index contributed by atoms with van der Waals surface area (Å²) in [7, 11) is 1.24. The number of ether oxygens (including phenoxy) is 1. The molecule has 0 amide bonds. The molecule has 3 aromatic rings. The molecule has 2 aromatic carbocycles. The van der Waals surface area contributed by atoms with Gasteiger partial charge in [-0.25, -0.2) is 18.0 Å². The van der Waals surface area contributed by atoms with Gasteiger partial charge in [0.1, 0.15) is 17.5 Å². The number of rotatable bonds is 2. The predicted octanol–water partition coefficient (Wildman–Crippen LogP) is 4.41. The van der Waals surface area contributed by atoms with Crippen LogP contribution in [0.3, 0.4) is 0 Å². The van der Waals surface area contributed by atoms with Crippen molar-refractivity contribution in [1.82, 2.24) is 4.98 Å². The molecule has 0 saturated carbocycles. The summed E-state index contributed by atoms with van der Waals surface area (Å²) in [6.45, 7) is 1.73. The summed E-state index contributed by atoms with van der Waals surface area (Å²) in [5.41, 5.74) is 1.19. The number of aryl methyl sites for hydroxylation is 1. The van der Waals surface area contributed by atoms with Crippen LogP contribution in [0.15, 0.2) is 36.5 Å². The number of hydrogen-bond acceptors (Lipinski definition) is 3. The van der Waals surface area contributed by atoms with Gasteiger partial charge in [-0.05, 0) is 36.2 Å². The van der Waals surface area contributed by atoms with E-state index in [2.05, 4.69) is 4.98 Å². The van der Waals surface area contributed by atoms with Gasteiger partial charge in [-0.3, -0.25) is 4.98 Å². The Kier molecular flexibility index (Phi) is 3.97. The zero-order chi connectivity index (χ0) is 17.4. The van der Waals surface area contributed by atoms with Gasteiger partial charge < -0.3 is 4.74 Å². The zero-order valence-corrected chi connectivity index (χ0v) is 12.9. The largest absolute Gasteiger partial charge is 0.465 e. The minimum atomic E-state index is -1.03. The molecule has 1 heterocycles. The molecule has 0 aliphatic heterocycles. The Labute approximate surface area is 135 Å². The van der Waals surface area contributed by atoms with Crippen LogP contribution in [0.25, 0.3) is 22.0 Å². The van der Waals surface area contributed by atoms with Crippen molar-refractivity contribution < 1.29 is 22.7 Å². The van der Waals surface area contributed by atoms with Crippen molar-refractivity contribution >= 4 is 16.9 Å². The van der Waals surface area contributed by atoms with E-state index in [-0.39, 0.29) is 16.7 Å². The highest BCUT2D eigenvalue weighted by molar-refractivity contribution is 6.01. The van der Waals surface area contributed by atoms with Crippen molar-refractivity contribution in [3.63, 3.8) is 0 Å². The van der Waals surface area contributed by atoms with Crippen molar-refractivity contribution in [3.05, 3.63) is 65.1 Å². The highest BCUT2D eigenvalue weighted by atomic mass is 19.1. The lowest BCUT2D eigenvalue weighted by atomic mass is 9.96. The summed E-state index contributed by atoms with van der Waals surface area (Å²) in [4.78, 5) is 16.0. The number of carbonyl (C=O) groups is 1. The Hall–Kier alpha value is -2.89. The number of fused-ring (bicyclic) bond motifs is 1. The van der Waals surface area contributed by atoms with Gasteiger partial charge in [-0.15, -0.1) is 0 Å². The lowest BCUT2D eigenvalue weighted by molar-refractivity contribution is 0.0601. The third-order valence-corrected chi connectivity index (χ3v) is 3.73. The maximum Gasteiger partial charge on any atom is 0.337 e. The standard InChI is InChI=1S/C18H12F3NO2/c1-9-5-10(18(23)24-2)6-13-12(3-4-22-17(9)13)16-14(20)7-11(19)8-15(16)21/h3-8H,1-2H3. The number of aromatic nitrogens is 1. The molecule has 0 atom stereocenters. The van der Waals surface area contributed by atoms with E-state index >= 15 is 0 Å². The maximum atomic E-state index is 14.2. The lowest BCUT2D eigenvalue weighted by Gasteiger charge is -2.12.